The van der Waals surface area contributed by atoms with E-state index in [1.807, 2.05) is 0 Å². The van der Waals surface area contributed by atoms with Gasteiger partial charge in [0.1, 0.15) is 11.2 Å². The third-order valence-electron chi connectivity index (χ3n) is 9.56. The van der Waals surface area contributed by atoms with Crippen LogP contribution in [-0.4, -0.2) is 0 Å². The zero-order valence-corrected chi connectivity index (χ0v) is 21.6. The number of nitrogens with zero attached hydrogens (tertiary/aromatic N) is 2. The van der Waals surface area contributed by atoms with Crippen molar-refractivity contribution in [1.82, 2.24) is 0 Å². The van der Waals surface area contributed by atoms with Gasteiger partial charge in [0.15, 0.2) is 12.4 Å². The Morgan fingerprint density at radius 2 is 1.55 bits per heavy atom. The van der Waals surface area contributed by atoms with Crippen molar-refractivity contribution in [3.05, 3.63) is 120 Å². The van der Waals surface area contributed by atoms with Crippen molar-refractivity contribution in [3.8, 4) is 22.5 Å². The van der Waals surface area contributed by atoms with Crippen molar-refractivity contribution in [2.24, 2.45) is 0 Å². The molecule has 38 heavy (non-hydrogen) atoms. The zero-order valence-electron chi connectivity index (χ0n) is 21.6. The monoisotopic (exact) mass is 492 g/mol. The molecule has 9 rings (SSSR count). The van der Waals surface area contributed by atoms with Gasteiger partial charge in [-0.1, -0.05) is 56.3 Å². The lowest BCUT2D eigenvalue weighted by molar-refractivity contribution is -0.852. The first kappa shape index (κ1) is 20.8. The molecular weight excluding hydrogens is 464 g/mol. The van der Waals surface area contributed by atoms with Crippen LogP contribution >= 0.6 is 0 Å². The molecule has 0 radical (unpaired) electrons. The van der Waals surface area contributed by atoms with Gasteiger partial charge in [-0.2, -0.15) is 9.13 Å². The molecule has 5 heterocycles. The lowest BCUT2D eigenvalue weighted by Gasteiger charge is -2.47. The van der Waals surface area contributed by atoms with E-state index in [1.165, 1.54) is 50.0 Å². The highest BCUT2D eigenvalue weighted by Crippen LogP contribution is 2.63. The summed E-state index contributed by atoms with van der Waals surface area (Å²) in [7, 11) is 0. The molecule has 0 bridgehead atoms. The van der Waals surface area contributed by atoms with E-state index in [-0.39, 0.29) is 5.54 Å². The van der Waals surface area contributed by atoms with Crippen LogP contribution in [0.2, 0.25) is 0 Å². The number of fused-ring (bicyclic) bond motifs is 16. The van der Waals surface area contributed by atoms with Crippen molar-refractivity contribution in [2.75, 3.05) is 0 Å². The van der Waals surface area contributed by atoms with Crippen LogP contribution in [0.3, 0.4) is 0 Å². The van der Waals surface area contributed by atoms with E-state index in [0.29, 0.717) is 17.9 Å². The standard InChI is InChI=1S/C35H28N2O/c1-21(2)22-12-9-13-25-26-16-17-28-31(33(26)38-32(22)25)30-15-6-8-19-37(30)35(28)20-27-23-10-3-4-11-24(23)29-14-5-7-18-36(29)34(27)35/h3-19,21,27,34H,20H2,1-2H3/q+2. The molecule has 182 valence electrons. The number of pyridine rings is 2. The second-order valence-corrected chi connectivity index (χ2v) is 11.6. The van der Waals surface area contributed by atoms with Crippen molar-refractivity contribution in [1.29, 1.82) is 0 Å². The van der Waals surface area contributed by atoms with Gasteiger partial charge in [-0.15, -0.1) is 0 Å². The predicted molar refractivity (Wildman–Crippen MR) is 149 cm³/mol. The number of rotatable bonds is 1. The summed E-state index contributed by atoms with van der Waals surface area (Å²) in [6, 6.07) is 33.9. The van der Waals surface area contributed by atoms with Crippen molar-refractivity contribution < 1.29 is 13.6 Å². The maximum Gasteiger partial charge on any atom is 0.256 e. The van der Waals surface area contributed by atoms with Crippen molar-refractivity contribution in [2.45, 2.75) is 43.7 Å². The van der Waals surface area contributed by atoms with Gasteiger partial charge in [-0.3, -0.25) is 0 Å². The summed E-state index contributed by atoms with van der Waals surface area (Å²) in [5, 5.41) is 2.43. The molecule has 3 nitrogen and oxygen atoms in total. The molecule has 3 aliphatic rings. The molecule has 0 N–H and O–H groups in total. The maximum atomic E-state index is 6.85. The number of furan rings is 1. The molecule has 3 aromatic carbocycles. The summed E-state index contributed by atoms with van der Waals surface area (Å²) in [4.78, 5) is 0. The maximum absolute atomic E-state index is 6.85. The lowest BCUT2D eigenvalue weighted by Crippen LogP contribution is -2.74. The fraction of sp³-hybridized carbons (Fsp3) is 0.200. The molecule has 3 unspecified atom stereocenters. The van der Waals surface area contributed by atoms with E-state index in [0.717, 1.165) is 17.6 Å². The lowest BCUT2D eigenvalue weighted by atomic mass is 9.56. The summed E-state index contributed by atoms with van der Waals surface area (Å²) in [6.07, 6.45) is 5.66. The number of para-hydroxylation sites is 1. The summed E-state index contributed by atoms with van der Waals surface area (Å²) in [5.41, 5.74) is 11.3. The van der Waals surface area contributed by atoms with E-state index >= 15 is 0 Å². The largest absolute Gasteiger partial charge is 0.455 e. The van der Waals surface area contributed by atoms with Gasteiger partial charge < -0.3 is 4.42 Å². The van der Waals surface area contributed by atoms with Gasteiger partial charge in [-0.05, 0) is 41.3 Å². The summed E-state index contributed by atoms with van der Waals surface area (Å²) < 4.78 is 12.0. The molecule has 3 aromatic heterocycles. The molecule has 0 amide bonds. The molecule has 1 saturated carbocycles. The Labute approximate surface area is 221 Å². The van der Waals surface area contributed by atoms with E-state index in [9.17, 15) is 0 Å². The highest BCUT2D eigenvalue weighted by molar-refractivity contribution is 6.11. The first-order chi connectivity index (χ1) is 18.7. The fourth-order valence-corrected chi connectivity index (χ4v) is 8.01. The van der Waals surface area contributed by atoms with Crippen molar-refractivity contribution in [3.63, 3.8) is 0 Å². The van der Waals surface area contributed by atoms with Gasteiger partial charge >= 0.3 is 0 Å². The molecule has 2 aliphatic heterocycles. The van der Waals surface area contributed by atoms with Crippen LogP contribution in [0.1, 0.15) is 54.8 Å². The van der Waals surface area contributed by atoms with Gasteiger partial charge in [0, 0.05) is 52.6 Å². The van der Waals surface area contributed by atoms with Gasteiger partial charge in [0.2, 0.25) is 17.4 Å². The van der Waals surface area contributed by atoms with Crippen LogP contribution in [0.4, 0.5) is 0 Å². The third kappa shape index (κ3) is 2.28. The molecule has 1 spiro atoms. The van der Waals surface area contributed by atoms with E-state index in [2.05, 4.69) is 126 Å². The Morgan fingerprint density at radius 1 is 0.763 bits per heavy atom. The molecule has 1 fully saturated rings. The molecular formula is C35H28N2O+2. The highest BCUT2D eigenvalue weighted by atomic mass is 16.3. The summed E-state index contributed by atoms with van der Waals surface area (Å²) >= 11 is 0. The van der Waals surface area contributed by atoms with Crippen LogP contribution in [-0.2, 0) is 5.54 Å². The molecule has 3 heteroatoms. The minimum Gasteiger partial charge on any atom is -0.455 e. The Balaban J connectivity index is 1.36. The Morgan fingerprint density at radius 3 is 2.45 bits per heavy atom. The number of benzene rings is 3. The van der Waals surface area contributed by atoms with Crippen LogP contribution in [0.25, 0.3) is 44.5 Å². The molecule has 0 saturated heterocycles. The van der Waals surface area contributed by atoms with E-state index < -0.39 is 0 Å². The zero-order chi connectivity index (χ0) is 25.2. The first-order valence-electron chi connectivity index (χ1n) is 13.8. The third-order valence-corrected chi connectivity index (χ3v) is 9.56. The normalized spacial score (nSPS) is 22.2. The fourth-order valence-electron chi connectivity index (χ4n) is 8.01. The summed E-state index contributed by atoms with van der Waals surface area (Å²) in [5.74, 6) is 0.874. The molecule has 3 atom stereocenters. The molecule has 1 aliphatic carbocycles. The van der Waals surface area contributed by atoms with Crippen LogP contribution in [0.15, 0.2) is 108 Å². The topological polar surface area (TPSA) is 20.9 Å². The quantitative estimate of drug-likeness (QED) is 0.219. The second-order valence-electron chi connectivity index (χ2n) is 11.6. The number of hydrogen-bond donors (Lipinski definition) is 0. The van der Waals surface area contributed by atoms with Crippen LogP contribution < -0.4 is 9.13 Å². The number of aromatic nitrogens is 2. The minimum absolute atomic E-state index is 0.154. The van der Waals surface area contributed by atoms with Crippen molar-refractivity contribution >= 4 is 21.9 Å². The molecule has 6 aromatic rings. The predicted octanol–water partition coefficient (Wildman–Crippen LogP) is 7.42. The van der Waals surface area contributed by atoms with Gasteiger partial charge in [-0.25, -0.2) is 0 Å². The number of hydrogen-bond acceptors (Lipinski definition) is 1. The minimum atomic E-state index is -0.154. The van der Waals surface area contributed by atoms with Crippen LogP contribution in [0, 0.1) is 0 Å². The first-order valence-corrected chi connectivity index (χ1v) is 13.8. The highest BCUT2D eigenvalue weighted by Gasteiger charge is 2.74. The summed E-state index contributed by atoms with van der Waals surface area (Å²) in [6.45, 7) is 4.49. The van der Waals surface area contributed by atoms with E-state index in [1.54, 1.807) is 0 Å². The van der Waals surface area contributed by atoms with Gasteiger partial charge in [0.25, 0.3) is 5.54 Å². The van der Waals surface area contributed by atoms with Gasteiger partial charge in [0.05, 0.1) is 11.5 Å². The average Bonchev–Trinajstić information content (AvgIpc) is 3.46. The average molecular weight is 493 g/mol. The second kappa shape index (κ2) is 6.99. The smallest absolute Gasteiger partial charge is 0.256 e. The Bertz CT molecular complexity index is 1960. The SMILES string of the molecule is CC(C)c1cccc2c1oc1c3c(ccc12)C1(CC2c4ccccc4-c4cccc[n+]4C21)[n+]1ccccc1-3. The Hall–Kier alpha value is -4.24. The van der Waals surface area contributed by atoms with Crippen LogP contribution in [0.5, 0.6) is 0 Å². The van der Waals surface area contributed by atoms with E-state index in [4.69, 9.17) is 4.42 Å². The Kier molecular flexibility index (Phi) is 3.82.